The van der Waals surface area contributed by atoms with Crippen molar-refractivity contribution in [1.29, 1.82) is 0 Å². The fourth-order valence-electron chi connectivity index (χ4n) is 3.62. The van der Waals surface area contributed by atoms with Crippen molar-refractivity contribution in [1.82, 2.24) is 29.9 Å². The summed E-state index contributed by atoms with van der Waals surface area (Å²) in [7, 11) is 0. The quantitative estimate of drug-likeness (QED) is 0.710. The molecule has 2 aromatic heterocycles. The molecule has 3 aromatic rings. The van der Waals surface area contributed by atoms with Crippen LogP contribution in [0.2, 0.25) is 0 Å². The molecule has 7 heteroatoms. The van der Waals surface area contributed by atoms with Gasteiger partial charge in [0.1, 0.15) is 12.7 Å². The van der Waals surface area contributed by atoms with Crippen LogP contribution in [0.5, 0.6) is 0 Å². The van der Waals surface area contributed by atoms with Gasteiger partial charge >= 0.3 is 0 Å². The summed E-state index contributed by atoms with van der Waals surface area (Å²) < 4.78 is 3.71. The summed E-state index contributed by atoms with van der Waals surface area (Å²) in [6.07, 6.45) is 8.44. The molecule has 0 spiro atoms. The Morgan fingerprint density at radius 3 is 2.88 bits per heavy atom. The van der Waals surface area contributed by atoms with Crippen LogP contribution in [0.1, 0.15) is 18.4 Å². The SMILES string of the molecule is O[C@@H]1CC(Cn2cccn2)C[C@H]1NCc1ccccc1-n1cncn1. The Labute approximate surface area is 146 Å². The number of aromatic nitrogens is 5. The minimum Gasteiger partial charge on any atom is -0.391 e. The van der Waals surface area contributed by atoms with E-state index in [0.717, 1.165) is 30.6 Å². The summed E-state index contributed by atoms with van der Waals surface area (Å²) in [5.74, 6) is 0.443. The Kier molecular flexibility index (Phi) is 4.58. The second kappa shape index (κ2) is 7.16. The smallest absolute Gasteiger partial charge is 0.138 e. The van der Waals surface area contributed by atoms with Gasteiger partial charge in [-0.1, -0.05) is 18.2 Å². The van der Waals surface area contributed by atoms with E-state index in [0.29, 0.717) is 12.5 Å². The highest BCUT2D eigenvalue weighted by Gasteiger charge is 2.32. The molecule has 2 N–H and O–H groups in total. The average molecular weight is 338 g/mol. The predicted octanol–water partition coefficient (Wildman–Crippen LogP) is 1.39. The number of benzene rings is 1. The highest BCUT2D eigenvalue weighted by Crippen LogP contribution is 2.28. The summed E-state index contributed by atoms with van der Waals surface area (Å²) in [6, 6.07) is 10.1. The molecule has 0 aliphatic heterocycles. The van der Waals surface area contributed by atoms with Crippen molar-refractivity contribution in [2.24, 2.45) is 5.92 Å². The minimum absolute atomic E-state index is 0.101. The van der Waals surface area contributed by atoms with E-state index in [4.69, 9.17) is 0 Å². The molecule has 0 bridgehead atoms. The van der Waals surface area contributed by atoms with Gasteiger partial charge in [0, 0.05) is 31.5 Å². The maximum absolute atomic E-state index is 10.4. The fraction of sp³-hybridized carbons (Fsp3) is 0.389. The number of para-hydroxylation sites is 1. The Morgan fingerprint density at radius 1 is 1.16 bits per heavy atom. The van der Waals surface area contributed by atoms with Crippen LogP contribution in [0.15, 0.2) is 55.4 Å². The van der Waals surface area contributed by atoms with Crippen LogP contribution in [0.3, 0.4) is 0 Å². The molecule has 1 saturated carbocycles. The summed E-state index contributed by atoms with van der Waals surface area (Å²) >= 11 is 0. The second-order valence-corrected chi connectivity index (χ2v) is 6.59. The van der Waals surface area contributed by atoms with E-state index in [-0.39, 0.29) is 12.1 Å². The standard InChI is InChI=1S/C18H22N6O/c25-18-9-14(11-23-7-3-6-21-23)8-16(18)20-10-15-4-1-2-5-17(15)24-13-19-12-22-24/h1-7,12-14,16,18,20,25H,8-11H2/t14?,16-,18-/m1/s1. The van der Waals surface area contributed by atoms with Crippen molar-refractivity contribution in [2.75, 3.05) is 0 Å². The zero-order valence-electron chi connectivity index (χ0n) is 13.9. The third-order valence-corrected chi connectivity index (χ3v) is 4.84. The molecule has 0 radical (unpaired) electrons. The number of hydrogen-bond acceptors (Lipinski definition) is 5. The van der Waals surface area contributed by atoms with E-state index in [1.165, 1.54) is 6.33 Å². The van der Waals surface area contributed by atoms with Gasteiger partial charge in [0.25, 0.3) is 0 Å². The first-order valence-corrected chi connectivity index (χ1v) is 8.61. The van der Waals surface area contributed by atoms with Crippen LogP contribution in [0, 0.1) is 5.92 Å². The lowest BCUT2D eigenvalue weighted by molar-refractivity contribution is 0.145. The van der Waals surface area contributed by atoms with Crippen LogP contribution < -0.4 is 5.32 Å². The first kappa shape index (κ1) is 16.0. The number of aliphatic hydroxyl groups is 1. The molecule has 25 heavy (non-hydrogen) atoms. The maximum atomic E-state index is 10.4. The van der Waals surface area contributed by atoms with Gasteiger partial charge in [-0.2, -0.15) is 10.2 Å². The summed E-state index contributed by atoms with van der Waals surface area (Å²) in [6.45, 7) is 1.55. The van der Waals surface area contributed by atoms with Crippen molar-refractivity contribution in [2.45, 2.75) is 38.1 Å². The second-order valence-electron chi connectivity index (χ2n) is 6.59. The Morgan fingerprint density at radius 2 is 2.08 bits per heavy atom. The largest absolute Gasteiger partial charge is 0.391 e. The molecule has 0 saturated heterocycles. The molecule has 1 unspecified atom stereocenters. The van der Waals surface area contributed by atoms with E-state index in [2.05, 4.69) is 26.6 Å². The first-order chi connectivity index (χ1) is 12.3. The van der Waals surface area contributed by atoms with Gasteiger partial charge in [-0.3, -0.25) is 4.68 Å². The minimum atomic E-state index is -0.320. The lowest BCUT2D eigenvalue weighted by Crippen LogP contribution is -2.35. The molecule has 130 valence electrons. The zero-order chi connectivity index (χ0) is 17.1. The molecule has 2 heterocycles. The predicted molar refractivity (Wildman–Crippen MR) is 92.9 cm³/mol. The Balaban J connectivity index is 1.39. The van der Waals surface area contributed by atoms with Crippen molar-refractivity contribution < 1.29 is 5.11 Å². The molecule has 1 aliphatic rings. The molecule has 1 fully saturated rings. The third kappa shape index (κ3) is 3.62. The molecule has 3 atom stereocenters. The third-order valence-electron chi connectivity index (χ3n) is 4.84. The monoisotopic (exact) mass is 338 g/mol. The highest BCUT2D eigenvalue weighted by atomic mass is 16.3. The van der Waals surface area contributed by atoms with Crippen LogP contribution in [-0.4, -0.2) is 41.8 Å². The number of rotatable bonds is 6. The fourth-order valence-corrected chi connectivity index (χ4v) is 3.62. The number of nitrogens with one attached hydrogen (secondary N) is 1. The van der Waals surface area contributed by atoms with Crippen molar-refractivity contribution in [3.8, 4) is 5.69 Å². The van der Waals surface area contributed by atoms with E-state index in [1.807, 2.05) is 35.1 Å². The summed E-state index contributed by atoms with van der Waals surface area (Å²) in [5.41, 5.74) is 2.14. The van der Waals surface area contributed by atoms with Gasteiger partial charge in [-0.05, 0) is 36.5 Å². The Bertz CT molecular complexity index is 786. The number of aliphatic hydroxyl groups excluding tert-OH is 1. The van der Waals surface area contributed by atoms with Gasteiger partial charge in [-0.15, -0.1) is 0 Å². The van der Waals surface area contributed by atoms with Gasteiger partial charge in [-0.25, -0.2) is 9.67 Å². The first-order valence-electron chi connectivity index (χ1n) is 8.61. The molecular formula is C18H22N6O. The van der Waals surface area contributed by atoms with E-state index in [1.54, 1.807) is 17.2 Å². The number of nitrogens with zero attached hydrogens (tertiary/aromatic N) is 5. The lowest BCUT2D eigenvalue weighted by atomic mass is 10.1. The van der Waals surface area contributed by atoms with Crippen LogP contribution in [-0.2, 0) is 13.1 Å². The van der Waals surface area contributed by atoms with Crippen molar-refractivity contribution in [3.05, 3.63) is 60.9 Å². The van der Waals surface area contributed by atoms with Gasteiger partial charge < -0.3 is 10.4 Å². The molecule has 4 rings (SSSR count). The Hall–Kier alpha value is -2.51. The topological polar surface area (TPSA) is 80.8 Å². The molecule has 1 aromatic carbocycles. The van der Waals surface area contributed by atoms with Crippen LogP contribution >= 0.6 is 0 Å². The van der Waals surface area contributed by atoms with Crippen LogP contribution in [0.25, 0.3) is 5.69 Å². The van der Waals surface area contributed by atoms with Crippen molar-refractivity contribution in [3.63, 3.8) is 0 Å². The van der Waals surface area contributed by atoms with Crippen molar-refractivity contribution >= 4 is 0 Å². The van der Waals surface area contributed by atoms with E-state index in [9.17, 15) is 5.11 Å². The normalized spacial score (nSPS) is 23.2. The summed E-state index contributed by atoms with van der Waals surface area (Å²) in [4.78, 5) is 4.02. The molecule has 0 amide bonds. The van der Waals surface area contributed by atoms with Crippen LogP contribution in [0.4, 0.5) is 0 Å². The zero-order valence-corrected chi connectivity index (χ0v) is 13.9. The molecular weight excluding hydrogens is 316 g/mol. The molecule has 7 nitrogen and oxygen atoms in total. The van der Waals surface area contributed by atoms with E-state index >= 15 is 0 Å². The lowest BCUT2D eigenvalue weighted by Gasteiger charge is -2.18. The van der Waals surface area contributed by atoms with Gasteiger partial charge in [0.15, 0.2) is 0 Å². The van der Waals surface area contributed by atoms with Gasteiger partial charge in [0.05, 0.1) is 11.8 Å². The van der Waals surface area contributed by atoms with E-state index < -0.39 is 0 Å². The summed E-state index contributed by atoms with van der Waals surface area (Å²) in [5, 5.41) is 22.4. The van der Waals surface area contributed by atoms with Gasteiger partial charge in [0.2, 0.25) is 0 Å². The number of hydrogen-bond donors (Lipinski definition) is 2. The highest BCUT2D eigenvalue weighted by molar-refractivity contribution is 5.39. The average Bonchev–Trinajstić information content (AvgIpc) is 3.36. The molecule has 1 aliphatic carbocycles. The maximum Gasteiger partial charge on any atom is 0.138 e.